The van der Waals surface area contributed by atoms with Crippen molar-refractivity contribution in [2.45, 2.75) is 31.8 Å². The Kier molecular flexibility index (Phi) is 5.76. The van der Waals surface area contributed by atoms with Gasteiger partial charge in [-0.3, -0.25) is 4.79 Å². The highest BCUT2D eigenvalue weighted by molar-refractivity contribution is 5.82. The molecule has 134 valence electrons. The third kappa shape index (κ3) is 4.77. The van der Waals surface area contributed by atoms with Crippen LogP contribution in [0.25, 0.3) is 0 Å². The first-order valence-electron chi connectivity index (χ1n) is 8.58. The first-order valence-corrected chi connectivity index (χ1v) is 8.58. The van der Waals surface area contributed by atoms with E-state index in [-0.39, 0.29) is 11.9 Å². The highest BCUT2D eigenvalue weighted by Crippen LogP contribution is 2.12. The van der Waals surface area contributed by atoms with E-state index in [1.807, 2.05) is 67.6 Å². The minimum absolute atomic E-state index is 0.240. The fourth-order valence-corrected chi connectivity index (χ4v) is 2.63. The second-order valence-electron chi connectivity index (χ2n) is 6.24. The Hall–Kier alpha value is -2.99. The summed E-state index contributed by atoms with van der Waals surface area (Å²) < 4.78 is 5.28. The Morgan fingerprint density at radius 3 is 2.35 bits per heavy atom. The minimum atomic E-state index is -0.629. The number of amides is 1. The van der Waals surface area contributed by atoms with Crippen LogP contribution in [-0.2, 0) is 17.6 Å². The van der Waals surface area contributed by atoms with Gasteiger partial charge in [0.05, 0.1) is 18.5 Å². The van der Waals surface area contributed by atoms with Gasteiger partial charge in [-0.25, -0.2) is 0 Å². The van der Waals surface area contributed by atoms with Crippen molar-refractivity contribution < 1.29 is 9.32 Å². The SMILES string of the molecule is CC(NC(=O)[C@@H](N)Cc1ccccc1)c1noc(Cc2ccccc2)n1. The summed E-state index contributed by atoms with van der Waals surface area (Å²) in [4.78, 5) is 16.7. The van der Waals surface area contributed by atoms with Crippen molar-refractivity contribution in [2.24, 2.45) is 5.73 Å². The molecule has 0 saturated carbocycles. The van der Waals surface area contributed by atoms with Crippen molar-refractivity contribution >= 4 is 5.91 Å². The third-order valence-corrected chi connectivity index (χ3v) is 4.06. The molecule has 0 aliphatic carbocycles. The van der Waals surface area contributed by atoms with E-state index in [4.69, 9.17) is 10.3 Å². The van der Waals surface area contributed by atoms with Gasteiger partial charge in [0.25, 0.3) is 0 Å². The molecule has 0 radical (unpaired) electrons. The van der Waals surface area contributed by atoms with Crippen LogP contribution in [0, 0.1) is 0 Å². The van der Waals surface area contributed by atoms with Gasteiger partial charge in [-0.15, -0.1) is 0 Å². The number of hydrogen-bond donors (Lipinski definition) is 2. The summed E-state index contributed by atoms with van der Waals surface area (Å²) in [6.45, 7) is 1.81. The van der Waals surface area contributed by atoms with E-state index in [0.717, 1.165) is 11.1 Å². The fourth-order valence-electron chi connectivity index (χ4n) is 2.63. The second-order valence-corrected chi connectivity index (χ2v) is 6.24. The molecule has 0 aliphatic heterocycles. The summed E-state index contributed by atoms with van der Waals surface area (Å²) in [7, 11) is 0. The van der Waals surface area contributed by atoms with Crippen LogP contribution in [0.1, 0.15) is 35.8 Å². The molecular formula is C20H22N4O2. The zero-order chi connectivity index (χ0) is 18.4. The quantitative estimate of drug-likeness (QED) is 0.682. The van der Waals surface area contributed by atoms with Gasteiger partial charge in [0.15, 0.2) is 5.82 Å². The van der Waals surface area contributed by atoms with Gasteiger partial charge in [-0.1, -0.05) is 65.8 Å². The molecule has 1 unspecified atom stereocenters. The van der Waals surface area contributed by atoms with Gasteiger partial charge in [-0.2, -0.15) is 4.98 Å². The predicted octanol–water partition coefficient (Wildman–Crippen LogP) is 2.41. The zero-order valence-corrected chi connectivity index (χ0v) is 14.6. The summed E-state index contributed by atoms with van der Waals surface area (Å²) >= 11 is 0. The zero-order valence-electron chi connectivity index (χ0n) is 14.6. The Morgan fingerprint density at radius 2 is 1.69 bits per heavy atom. The number of aromatic nitrogens is 2. The summed E-state index contributed by atoms with van der Waals surface area (Å²) in [5, 5.41) is 6.81. The van der Waals surface area contributed by atoms with Gasteiger partial charge < -0.3 is 15.6 Å². The van der Waals surface area contributed by atoms with Crippen LogP contribution in [0.3, 0.4) is 0 Å². The lowest BCUT2D eigenvalue weighted by molar-refractivity contribution is -0.123. The molecule has 0 fully saturated rings. The molecule has 6 heteroatoms. The lowest BCUT2D eigenvalue weighted by Gasteiger charge is -2.15. The molecule has 3 rings (SSSR count). The maximum absolute atomic E-state index is 12.3. The molecule has 0 aliphatic rings. The number of carbonyl (C=O) groups excluding carboxylic acids is 1. The van der Waals surface area contributed by atoms with E-state index >= 15 is 0 Å². The standard InChI is InChI=1S/C20H22N4O2/c1-14(22-20(25)17(21)12-15-8-4-2-5-9-15)19-23-18(26-24-19)13-16-10-6-3-7-11-16/h2-11,14,17H,12-13,21H2,1H3,(H,22,25)/t14?,17-/m0/s1. The van der Waals surface area contributed by atoms with E-state index in [1.54, 1.807) is 0 Å². The lowest BCUT2D eigenvalue weighted by atomic mass is 10.1. The van der Waals surface area contributed by atoms with E-state index in [9.17, 15) is 4.79 Å². The second kappa shape index (κ2) is 8.40. The van der Waals surface area contributed by atoms with Crippen LogP contribution in [0.4, 0.5) is 0 Å². The number of nitrogens with two attached hydrogens (primary N) is 1. The number of benzene rings is 2. The summed E-state index contributed by atoms with van der Waals surface area (Å²) in [6, 6.07) is 18.6. The Bertz CT molecular complexity index is 833. The number of nitrogens with zero attached hydrogens (tertiary/aromatic N) is 2. The smallest absolute Gasteiger partial charge is 0.237 e. The topological polar surface area (TPSA) is 94.0 Å². The normalized spacial score (nSPS) is 13.2. The predicted molar refractivity (Wildman–Crippen MR) is 98.2 cm³/mol. The number of carbonyl (C=O) groups is 1. The molecule has 0 saturated heterocycles. The molecule has 0 spiro atoms. The average Bonchev–Trinajstić information content (AvgIpc) is 3.12. The van der Waals surface area contributed by atoms with Crippen molar-refractivity contribution in [3.8, 4) is 0 Å². The van der Waals surface area contributed by atoms with Crippen LogP contribution < -0.4 is 11.1 Å². The van der Waals surface area contributed by atoms with Crippen LogP contribution in [0.2, 0.25) is 0 Å². The molecule has 1 heterocycles. The van der Waals surface area contributed by atoms with Crippen LogP contribution in [0.15, 0.2) is 65.2 Å². The number of rotatable bonds is 7. The summed E-state index contributed by atoms with van der Waals surface area (Å²) in [6.07, 6.45) is 1.03. The first-order chi connectivity index (χ1) is 12.6. The van der Waals surface area contributed by atoms with E-state index in [1.165, 1.54) is 0 Å². The van der Waals surface area contributed by atoms with E-state index in [0.29, 0.717) is 24.6 Å². The molecule has 1 aromatic heterocycles. The largest absolute Gasteiger partial charge is 0.345 e. The minimum Gasteiger partial charge on any atom is -0.345 e. The van der Waals surface area contributed by atoms with Crippen LogP contribution in [0.5, 0.6) is 0 Å². The van der Waals surface area contributed by atoms with Gasteiger partial charge in [0.1, 0.15) is 0 Å². The van der Waals surface area contributed by atoms with Crippen LogP contribution >= 0.6 is 0 Å². The highest BCUT2D eigenvalue weighted by Gasteiger charge is 2.20. The molecule has 2 atom stereocenters. The Labute approximate surface area is 152 Å². The molecule has 0 bridgehead atoms. The number of hydrogen-bond acceptors (Lipinski definition) is 5. The molecule has 3 aromatic rings. The number of nitrogens with one attached hydrogen (secondary N) is 1. The Balaban J connectivity index is 1.56. The molecular weight excluding hydrogens is 328 g/mol. The van der Waals surface area contributed by atoms with Gasteiger partial charge >= 0.3 is 0 Å². The lowest BCUT2D eigenvalue weighted by Crippen LogP contribution is -2.43. The molecule has 1 amide bonds. The fraction of sp³-hybridized carbons (Fsp3) is 0.250. The van der Waals surface area contributed by atoms with Gasteiger partial charge in [-0.05, 0) is 24.5 Å². The molecule has 26 heavy (non-hydrogen) atoms. The maximum Gasteiger partial charge on any atom is 0.237 e. The first kappa shape index (κ1) is 17.8. The van der Waals surface area contributed by atoms with Crippen molar-refractivity contribution in [3.05, 3.63) is 83.5 Å². The highest BCUT2D eigenvalue weighted by atomic mass is 16.5. The Morgan fingerprint density at radius 1 is 1.08 bits per heavy atom. The monoisotopic (exact) mass is 350 g/mol. The van der Waals surface area contributed by atoms with Crippen molar-refractivity contribution in [2.75, 3.05) is 0 Å². The molecule has 2 aromatic carbocycles. The maximum atomic E-state index is 12.3. The van der Waals surface area contributed by atoms with Crippen molar-refractivity contribution in [1.82, 2.24) is 15.5 Å². The summed E-state index contributed by atoms with van der Waals surface area (Å²) in [5.41, 5.74) is 8.11. The molecule has 6 nitrogen and oxygen atoms in total. The average molecular weight is 350 g/mol. The van der Waals surface area contributed by atoms with E-state index < -0.39 is 6.04 Å². The van der Waals surface area contributed by atoms with Crippen molar-refractivity contribution in [1.29, 1.82) is 0 Å². The van der Waals surface area contributed by atoms with Gasteiger partial charge in [0, 0.05) is 0 Å². The molecule has 3 N–H and O–H groups in total. The van der Waals surface area contributed by atoms with Gasteiger partial charge in [0.2, 0.25) is 11.8 Å². The van der Waals surface area contributed by atoms with E-state index in [2.05, 4.69) is 15.5 Å². The van der Waals surface area contributed by atoms with Crippen LogP contribution in [-0.4, -0.2) is 22.1 Å². The summed E-state index contributed by atoms with van der Waals surface area (Å²) in [5.74, 6) is 0.716. The van der Waals surface area contributed by atoms with Crippen molar-refractivity contribution in [3.63, 3.8) is 0 Å². The third-order valence-electron chi connectivity index (χ3n) is 4.06.